The van der Waals surface area contributed by atoms with Crippen LogP contribution in [0.2, 0.25) is 5.02 Å². The summed E-state index contributed by atoms with van der Waals surface area (Å²) in [6, 6.07) is 6.68. The van der Waals surface area contributed by atoms with Crippen LogP contribution in [-0.2, 0) is 6.54 Å². The highest BCUT2D eigenvalue weighted by Gasteiger charge is 2.13. The smallest absolute Gasteiger partial charge is 0.255 e. The van der Waals surface area contributed by atoms with Crippen LogP contribution in [0, 0.1) is 0 Å². The van der Waals surface area contributed by atoms with E-state index in [0.29, 0.717) is 22.2 Å². The minimum atomic E-state index is -0.293. The SMILES string of the molecule is COc1ccc(Cl)cc1C(=O)NCc1nccc(N(C)C)n1. The van der Waals surface area contributed by atoms with E-state index in [1.807, 2.05) is 19.0 Å². The summed E-state index contributed by atoms with van der Waals surface area (Å²) in [5, 5.41) is 3.23. The number of rotatable bonds is 5. The van der Waals surface area contributed by atoms with Gasteiger partial charge in [0.1, 0.15) is 17.4 Å². The second-order valence-electron chi connectivity index (χ2n) is 4.75. The maximum Gasteiger partial charge on any atom is 0.255 e. The van der Waals surface area contributed by atoms with Gasteiger partial charge in [0.05, 0.1) is 19.2 Å². The quantitative estimate of drug-likeness (QED) is 0.914. The molecular weight excluding hydrogens is 304 g/mol. The Hall–Kier alpha value is -2.34. The predicted molar refractivity (Wildman–Crippen MR) is 85.5 cm³/mol. The third-order valence-electron chi connectivity index (χ3n) is 2.96. The number of hydrogen-bond donors (Lipinski definition) is 1. The first-order valence-corrected chi connectivity index (χ1v) is 7.00. The number of methoxy groups -OCH3 is 1. The molecule has 0 saturated heterocycles. The van der Waals surface area contributed by atoms with Crippen LogP contribution in [0.15, 0.2) is 30.5 Å². The maximum atomic E-state index is 12.3. The van der Waals surface area contributed by atoms with Crippen LogP contribution in [0.25, 0.3) is 0 Å². The number of nitrogens with zero attached hydrogens (tertiary/aromatic N) is 3. The lowest BCUT2D eigenvalue weighted by Crippen LogP contribution is -2.25. The summed E-state index contributed by atoms with van der Waals surface area (Å²) in [6.07, 6.45) is 1.66. The summed E-state index contributed by atoms with van der Waals surface area (Å²) in [5.41, 5.74) is 0.374. The zero-order valence-corrected chi connectivity index (χ0v) is 13.4. The van der Waals surface area contributed by atoms with Crippen molar-refractivity contribution in [1.29, 1.82) is 0 Å². The van der Waals surface area contributed by atoms with Gasteiger partial charge in [-0.1, -0.05) is 11.6 Å². The van der Waals surface area contributed by atoms with Crippen LogP contribution in [0.1, 0.15) is 16.2 Å². The monoisotopic (exact) mass is 320 g/mol. The number of amides is 1. The molecule has 0 saturated carbocycles. The van der Waals surface area contributed by atoms with Gasteiger partial charge in [-0.15, -0.1) is 0 Å². The summed E-state index contributed by atoms with van der Waals surface area (Å²) in [7, 11) is 5.28. The number of ether oxygens (including phenoxy) is 1. The molecule has 6 nitrogen and oxygen atoms in total. The van der Waals surface area contributed by atoms with Gasteiger partial charge in [0.15, 0.2) is 0 Å². The molecular formula is C15H17ClN4O2. The van der Waals surface area contributed by atoms with E-state index in [1.165, 1.54) is 7.11 Å². The lowest BCUT2D eigenvalue weighted by atomic mass is 10.2. The fourth-order valence-corrected chi connectivity index (χ4v) is 2.01. The van der Waals surface area contributed by atoms with Gasteiger partial charge < -0.3 is 15.0 Å². The summed E-state index contributed by atoms with van der Waals surface area (Å²) >= 11 is 5.92. The van der Waals surface area contributed by atoms with E-state index in [2.05, 4.69) is 15.3 Å². The van der Waals surface area contributed by atoms with Gasteiger partial charge in [-0.3, -0.25) is 4.79 Å². The molecule has 0 radical (unpaired) electrons. The third-order valence-corrected chi connectivity index (χ3v) is 3.20. The standard InChI is InChI=1S/C15H17ClN4O2/c1-20(2)14-6-7-17-13(19-14)9-18-15(21)11-8-10(16)4-5-12(11)22-3/h4-8H,9H2,1-3H3,(H,18,21). The minimum Gasteiger partial charge on any atom is -0.496 e. The van der Waals surface area contributed by atoms with Gasteiger partial charge in [-0.25, -0.2) is 9.97 Å². The van der Waals surface area contributed by atoms with E-state index in [4.69, 9.17) is 16.3 Å². The fraction of sp³-hybridized carbons (Fsp3) is 0.267. The lowest BCUT2D eigenvalue weighted by Gasteiger charge is -2.12. The van der Waals surface area contributed by atoms with Gasteiger partial charge in [-0.2, -0.15) is 0 Å². The van der Waals surface area contributed by atoms with Crippen molar-refractivity contribution in [3.05, 3.63) is 46.9 Å². The Morgan fingerprint density at radius 1 is 1.36 bits per heavy atom. The van der Waals surface area contributed by atoms with Gasteiger partial charge in [-0.05, 0) is 24.3 Å². The fourth-order valence-electron chi connectivity index (χ4n) is 1.83. The van der Waals surface area contributed by atoms with Gasteiger partial charge >= 0.3 is 0 Å². The van der Waals surface area contributed by atoms with Crippen LogP contribution in [0.3, 0.4) is 0 Å². The molecule has 22 heavy (non-hydrogen) atoms. The molecule has 0 aliphatic heterocycles. The van der Waals surface area contributed by atoms with Gasteiger partial charge in [0, 0.05) is 25.3 Å². The average molecular weight is 321 g/mol. The van der Waals surface area contributed by atoms with E-state index in [0.717, 1.165) is 5.82 Å². The van der Waals surface area contributed by atoms with Crippen LogP contribution < -0.4 is 15.0 Å². The molecule has 0 unspecified atom stereocenters. The van der Waals surface area contributed by atoms with Crippen molar-refractivity contribution in [2.45, 2.75) is 6.54 Å². The Labute approximate surface area is 134 Å². The highest BCUT2D eigenvalue weighted by molar-refractivity contribution is 6.31. The van der Waals surface area contributed by atoms with E-state index in [-0.39, 0.29) is 12.5 Å². The van der Waals surface area contributed by atoms with E-state index in [1.54, 1.807) is 30.5 Å². The van der Waals surface area contributed by atoms with Crippen molar-refractivity contribution in [3.63, 3.8) is 0 Å². The Kier molecular flexibility index (Phi) is 5.16. The molecule has 0 fully saturated rings. The Balaban J connectivity index is 2.10. The van der Waals surface area contributed by atoms with Crippen molar-refractivity contribution in [3.8, 4) is 5.75 Å². The molecule has 0 aliphatic carbocycles. The summed E-state index contributed by atoms with van der Waals surface area (Å²) in [6.45, 7) is 0.218. The highest BCUT2D eigenvalue weighted by atomic mass is 35.5. The molecule has 2 aromatic rings. The summed E-state index contributed by atoms with van der Waals surface area (Å²) in [5.74, 6) is 1.48. The number of halogens is 1. The Morgan fingerprint density at radius 2 is 2.14 bits per heavy atom. The van der Waals surface area contributed by atoms with Crippen molar-refractivity contribution in [2.75, 3.05) is 26.1 Å². The Morgan fingerprint density at radius 3 is 2.82 bits per heavy atom. The van der Waals surface area contributed by atoms with Crippen molar-refractivity contribution in [1.82, 2.24) is 15.3 Å². The number of hydrogen-bond acceptors (Lipinski definition) is 5. The third kappa shape index (κ3) is 3.85. The molecule has 1 amide bonds. The van der Waals surface area contributed by atoms with Crippen LogP contribution in [0.4, 0.5) is 5.82 Å². The number of carbonyl (C=O) groups is 1. The lowest BCUT2D eigenvalue weighted by molar-refractivity contribution is 0.0947. The number of carbonyl (C=O) groups excluding carboxylic acids is 1. The van der Waals surface area contributed by atoms with Gasteiger partial charge in [0.25, 0.3) is 5.91 Å². The van der Waals surface area contributed by atoms with Crippen LogP contribution in [-0.4, -0.2) is 37.1 Å². The predicted octanol–water partition coefficient (Wildman–Crippen LogP) is 2.13. The Bertz CT molecular complexity index is 676. The van der Waals surface area contributed by atoms with E-state index < -0.39 is 0 Å². The number of aromatic nitrogens is 2. The zero-order valence-electron chi connectivity index (χ0n) is 12.6. The molecule has 0 spiro atoms. The zero-order chi connectivity index (χ0) is 16.1. The topological polar surface area (TPSA) is 67.3 Å². The number of benzene rings is 1. The molecule has 1 heterocycles. The first-order chi connectivity index (χ1) is 10.5. The molecule has 2 rings (SSSR count). The van der Waals surface area contributed by atoms with E-state index >= 15 is 0 Å². The van der Waals surface area contributed by atoms with Crippen molar-refractivity contribution in [2.24, 2.45) is 0 Å². The first kappa shape index (κ1) is 16.0. The molecule has 1 aromatic carbocycles. The largest absolute Gasteiger partial charge is 0.496 e. The second kappa shape index (κ2) is 7.09. The minimum absolute atomic E-state index is 0.218. The summed E-state index contributed by atoms with van der Waals surface area (Å²) in [4.78, 5) is 22.6. The van der Waals surface area contributed by atoms with Crippen molar-refractivity contribution < 1.29 is 9.53 Å². The molecule has 0 atom stereocenters. The molecule has 1 aromatic heterocycles. The molecule has 0 bridgehead atoms. The second-order valence-corrected chi connectivity index (χ2v) is 5.19. The average Bonchev–Trinajstić information content (AvgIpc) is 2.52. The normalized spacial score (nSPS) is 10.2. The number of nitrogens with one attached hydrogen (secondary N) is 1. The van der Waals surface area contributed by atoms with Crippen LogP contribution in [0.5, 0.6) is 5.75 Å². The summed E-state index contributed by atoms with van der Waals surface area (Å²) < 4.78 is 5.17. The molecule has 116 valence electrons. The van der Waals surface area contributed by atoms with Crippen molar-refractivity contribution >= 4 is 23.3 Å². The van der Waals surface area contributed by atoms with Crippen LogP contribution >= 0.6 is 11.6 Å². The molecule has 0 aliphatic rings. The number of anilines is 1. The molecule has 1 N–H and O–H groups in total. The maximum absolute atomic E-state index is 12.3. The van der Waals surface area contributed by atoms with Gasteiger partial charge in [0.2, 0.25) is 0 Å². The first-order valence-electron chi connectivity index (χ1n) is 6.62. The highest BCUT2D eigenvalue weighted by Crippen LogP contribution is 2.22. The van der Waals surface area contributed by atoms with E-state index in [9.17, 15) is 4.79 Å². The molecule has 7 heteroatoms.